The van der Waals surface area contributed by atoms with Crippen LogP contribution in [0.5, 0.6) is 0 Å². The highest BCUT2D eigenvalue weighted by molar-refractivity contribution is 9.10. The van der Waals surface area contributed by atoms with Crippen LogP contribution in [-0.2, 0) is 6.42 Å². The molecule has 14 heavy (non-hydrogen) atoms. The lowest BCUT2D eigenvalue weighted by molar-refractivity contribution is 0.833. The Morgan fingerprint density at radius 3 is 2.71 bits per heavy atom. The molecule has 0 amide bonds. The molecule has 2 heteroatoms. The molecule has 0 aliphatic rings. The van der Waals surface area contributed by atoms with Crippen LogP contribution in [0, 0.1) is 0 Å². The van der Waals surface area contributed by atoms with Crippen molar-refractivity contribution in [3.8, 4) is 0 Å². The minimum absolute atomic E-state index is 1.07. The van der Waals surface area contributed by atoms with Gasteiger partial charge in [-0.2, -0.15) is 0 Å². The summed E-state index contributed by atoms with van der Waals surface area (Å²) in [5.74, 6) is 0. The van der Waals surface area contributed by atoms with Gasteiger partial charge in [-0.3, -0.25) is 0 Å². The third-order valence-corrected chi connectivity index (χ3v) is 2.79. The summed E-state index contributed by atoms with van der Waals surface area (Å²) in [5, 5.41) is 3.47. The van der Waals surface area contributed by atoms with E-state index < -0.39 is 0 Å². The van der Waals surface area contributed by atoms with Crippen molar-refractivity contribution in [2.24, 2.45) is 0 Å². The zero-order valence-electron chi connectivity index (χ0n) is 8.94. The predicted molar refractivity (Wildman–Crippen MR) is 66.9 cm³/mol. The summed E-state index contributed by atoms with van der Waals surface area (Å²) in [7, 11) is 0. The first-order chi connectivity index (χ1) is 6.77. The molecule has 0 unspecified atom stereocenters. The van der Waals surface area contributed by atoms with Crippen LogP contribution >= 0.6 is 15.9 Å². The van der Waals surface area contributed by atoms with E-state index in [1.807, 2.05) is 0 Å². The van der Waals surface area contributed by atoms with Crippen molar-refractivity contribution in [1.29, 1.82) is 0 Å². The number of nitrogens with one attached hydrogen (secondary N) is 1. The first-order valence-corrected chi connectivity index (χ1v) is 6.09. The molecule has 0 aromatic heterocycles. The second-order valence-corrected chi connectivity index (χ2v) is 4.35. The zero-order chi connectivity index (χ0) is 10.4. The Kier molecular flexibility index (Phi) is 5.02. The molecule has 78 valence electrons. The summed E-state index contributed by atoms with van der Waals surface area (Å²) in [6.07, 6.45) is 3.55. The van der Waals surface area contributed by atoms with Crippen LogP contribution in [0.4, 0.5) is 5.69 Å². The topological polar surface area (TPSA) is 12.0 Å². The van der Waals surface area contributed by atoms with Gasteiger partial charge in [0.1, 0.15) is 0 Å². The lowest BCUT2D eigenvalue weighted by Crippen LogP contribution is -2.03. The van der Waals surface area contributed by atoms with Gasteiger partial charge in [-0.15, -0.1) is 0 Å². The Morgan fingerprint density at radius 2 is 2.07 bits per heavy atom. The van der Waals surface area contributed by atoms with E-state index in [2.05, 4.69) is 53.3 Å². The molecule has 1 N–H and O–H groups in total. The quantitative estimate of drug-likeness (QED) is 0.777. The van der Waals surface area contributed by atoms with E-state index in [0.717, 1.165) is 17.4 Å². The Bertz CT molecular complexity index is 284. The Balaban J connectivity index is 2.65. The summed E-state index contributed by atoms with van der Waals surface area (Å²) >= 11 is 3.49. The van der Waals surface area contributed by atoms with E-state index in [1.54, 1.807) is 0 Å². The average molecular weight is 256 g/mol. The second kappa shape index (κ2) is 6.07. The molecule has 0 spiro atoms. The maximum Gasteiger partial charge on any atom is 0.0373 e. The van der Waals surface area contributed by atoms with Gasteiger partial charge in [-0.25, -0.2) is 0 Å². The molecule has 0 saturated carbocycles. The summed E-state index contributed by atoms with van der Waals surface area (Å²) in [6, 6.07) is 6.43. The predicted octanol–water partition coefficient (Wildman–Crippen LogP) is 4.22. The van der Waals surface area contributed by atoms with E-state index in [9.17, 15) is 0 Å². The molecule has 0 fully saturated rings. The monoisotopic (exact) mass is 255 g/mol. The van der Waals surface area contributed by atoms with Crippen molar-refractivity contribution in [3.63, 3.8) is 0 Å². The fourth-order valence-corrected chi connectivity index (χ4v) is 1.84. The average Bonchev–Trinajstić information content (AvgIpc) is 2.20. The molecule has 0 bridgehead atoms. The van der Waals surface area contributed by atoms with Gasteiger partial charge in [0.2, 0.25) is 0 Å². The van der Waals surface area contributed by atoms with E-state index in [4.69, 9.17) is 0 Å². The maximum absolute atomic E-state index is 3.49. The molecule has 1 nitrogen and oxygen atoms in total. The van der Waals surface area contributed by atoms with Gasteiger partial charge < -0.3 is 5.32 Å². The first-order valence-electron chi connectivity index (χ1n) is 5.30. The molecular formula is C12H18BrN. The number of aryl methyl sites for hydroxylation is 1. The van der Waals surface area contributed by atoms with E-state index in [0.29, 0.717) is 0 Å². The summed E-state index contributed by atoms with van der Waals surface area (Å²) < 4.78 is 1.16. The summed E-state index contributed by atoms with van der Waals surface area (Å²) in [6.45, 7) is 5.47. The SMILES string of the molecule is CCCCNc1ccc(Br)cc1CC. The molecular weight excluding hydrogens is 238 g/mol. The summed E-state index contributed by atoms with van der Waals surface area (Å²) in [4.78, 5) is 0. The highest BCUT2D eigenvalue weighted by Gasteiger charge is 1.99. The number of halogens is 1. The van der Waals surface area contributed by atoms with Crippen LogP contribution in [-0.4, -0.2) is 6.54 Å². The van der Waals surface area contributed by atoms with Gasteiger partial charge in [0.05, 0.1) is 0 Å². The van der Waals surface area contributed by atoms with Crippen LogP contribution in [0.3, 0.4) is 0 Å². The Hall–Kier alpha value is -0.500. The van der Waals surface area contributed by atoms with Gasteiger partial charge in [-0.1, -0.05) is 36.2 Å². The molecule has 0 aliphatic carbocycles. The molecule has 1 aromatic rings. The number of benzene rings is 1. The van der Waals surface area contributed by atoms with Crippen LogP contribution in [0.25, 0.3) is 0 Å². The second-order valence-electron chi connectivity index (χ2n) is 3.44. The molecule has 1 rings (SSSR count). The number of hydrogen-bond donors (Lipinski definition) is 1. The van der Waals surface area contributed by atoms with Gasteiger partial charge in [0, 0.05) is 16.7 Å². The minimum atomic E-state index is 1.07. The Labute approximate surface area is 95.0 Å². The van der Waals surface area contributed by atoms with Gasteiger partial charge in [0.25, 0.3) is 0 Å². The van der Waals surface area contributed by atoms with Crippen LogP contribution < -0.4 is 5.32 Å². The minimum Gasteiger partial charge on any atom is -0.385 e. The lowest BCUT2D eigenvalue weighted by Gasteiger charge is -2.10. The van der Waals surface area contributed by atoms with Crippen LogP contribution in [0.1, 0.15) is 32.3 Å². The van der Waals surface area contributed by atoms with Crippen molar-refractivity contribution in [2.45, 2.75) is 33.1 Å². The van der Waals surface area contributed by atoms with E-state index in [-0.39, 0.29) is 0 Å². The normalized spacial score (nSPS) is 10.2. The van der Waals surface area contributed by atoms with Crippen molar-refractivity contribution < 1.29 is 0 Å². The van der Waals surface area contributed by atoms with E-state index >= 15 is 0 Å². The number of rotatable bonds is 5. The third-order valence-electron chi connectivity index (χ3n) is 2.29. The highest BCUT2D eigenvalue weighted by Crippen LogP contribution is 2.21. The fourth-order valence-electron chi connectivity index (χ4n) is 1.43. The molecule has 0 radical (unpaired) electrons. The standard InChI is InChI=1S/C12H18BrN/c1-3-5-8-14-12-7-6-11(13)9-10(12)4-2/h6-7,9,14H,3-5,8H2,1-2H3. The van der Waals surface area contributed by atoms with Gasteiger partial charge >= 0.3 is 0 Å². The van der Waals surface area contributed by atoms with Crippen molar-refractivity contribution in [1.82, 2.24) is 0 Å². The fraction of sp³-hybridized carbons (Fsp3) is 0.500. The largest absolute Gasteiger partial charge is 0.385 e. The van der Waals surface area contributed by atoms with E-state index in [1.165, 1.54) is 24.1 Å². The third kappa shape index (κ3) is 3.33. The molecule has 0 saturated heterocycles. The zero-order valence-corrected chi connectivity index (χ0v) is 10.5. The lowest BCUT2D eigenvalue weighted by atomic mass is 10.1. The number of hydrogen-bond acceptors (Lipinski definition) is 1. The molecule has 0 heterocycles. The highest BCUT2D eigenvalue weighted by atomic mass is 79.9. The number of unbranched alkanes of at least 4 members (excludes halogenated alkanes) is 1. The molecule has 0 aliphatic heterocycles. The van der Waals surface area contributed by atoms with Crippen molar-refractivity contribution in [2.75, 3.05) is 11.9 Å². The first kappa shape index (κ1) is 11.6. The van der Waals surface area contributed by atoms with Gasteiger partial charge in [0.15, 0.2) is 0 Å². The van der Waals surface area contributed by atoms with Crippen LogP contribution in [0.15, 0.2) is 22.7 Å². The molecule has 1 aromatic carbocycles. The smallest absolute Gasteiger partial charge is 0.0373 e. The Morgan fingerprint density at radius 1 is 1.29 bits per heavy atom. The number of anilines is 1. The molecule has 0 atom stereocenters. The van der Waals surface area contributed by atoms with Crippen molar-refractivity contribution in [3.05, 3.63) is 28.2 Å². The maximum atomic E-state index is 3.49. The summed E-state index contributed by atoms with van der Waals surface area (Å²) in [5.41, 5.74) is 2.67. The van der Waals surface area contributed by atoms with Gasteiger partial charge in [-0.05, 0) is 36.6 Å². The van der Waals surface area contributed by atoms with Crippen LogP contribution in [0.2, 0.25) is 0 Å². The van der Waals surface area contributed by atoms with Crippen molar-refractivity contribution >= 4 is 21.6 Å².